The Balaban J connectivity index is 3.19. The van der Waals surface area contributed by atoms with E-state index in [2.05, 4.69) is 15.9 Å². The molecule has 0 radical (unpaired) electrons. The molecule has 0 unspecified atom stereocenters. The van der Waals surface area contributed by atoms with Crippen LogP contribution in [-0.2, 0) is 6.42 Å². The minimum atomic E-state index is 0.303. The van der Waals surface area contributed by atoms with E-state index in [1.54, 1.807) is 12.1 Å². The molecule has 2 nitrogen and oxygen atoms in total. The highest BCUT2D eigenvalue weighted by atomic mass is 79.9. The van der Waals surface area contributed by atoms with Crippen LogP contribution >= 0.6 is 27.5 Å². The first kappa shape index (κ1) is 9.37. The van der Waals surface area contributed by atoms with Crippen molar-refractivity contribution in [1.82, 2.24) is 0 Å². The molecule has 0 bridgehead atoms. The Kier molecular flexibility index (Phi) is 2.96. The first-order valence-corrected chi connectivity index (χ1v) is 4.43. The lowest BCUT2D eigenvalue weighted by Crippen LogP contribution is -1.91. The molecule has 62 valence electrons. The monoisotopic (exact) mass is 244 g/mol. The average molecular weight is 246 g/mol. The molecular weight excluding hydrogens is 239 g/mol. The Morgan fingerprint density at radius 3 is 2.83 bits per heavy atom. The van der Waals surface area contributed by atoms with Gasteiger partial charge in [0.2, 0.25) is 0 Å². The van der Waals surface area contributed by atoms with Crippen LogP contribution in [0.5, 0.6) is 0 Å². The van der Waals surface area contributed by atoms with Crippen LogP contribution in [0, 0.1) is 11.3 Å². The normalized spacial score (nSPS) is 9.42. The van der Waals surface area contributed by atoms with E-state index in [9.17, 15) is 0 Å². The summed E-state index contributed by atoms with van der Waals surface area (Å²) in [6.07, 6.45) is 0.303. The minimum Gasteiger partial charge on any atom is -0.398 e. The number of benzene rings is 1. The van der Waals surface area contributed by atoms with E-state index in [0.717, 1.165) is 5.56 Å². The van der Waals surface area contributed by atoms with Crippen molar-refractivity contribution in [3.8, 4) is 6.07 Å². The molecule has 0 spiro atoms. The van der Waals surface area contributed by atoms with Gasteiger partial charge in [-0.3, -0.25) is 0 Å². The number of anilines is 1. The van der Waals surface area contributed by atoms with E-state index in [1.165, 1.54) is 0 Å². The molecule has 2 N–H and O–H groups in total. The second-order valence-corrected chi connectivity index (χ2v) is 3.45. The lowest BCUT2D eigenvalue weighted by atomic mass is 10.1. The summed E-state index contributed by atoms with van der Waals surface area (Å²) >= 11 is 9.13. The number of nitrogens with zero attached hydrogens (tertiary/aromatic N) is 1. The van der Waals surface area contributed by atoms with Crippen molar-refractivity contribution >= 4 is 33.2 Å². The van der Waals surface area contributed by atoms with Gasteiger partial charge in [-0.15, -0.1) is 0 Å². The Morgan fingerprint density at radius 1 is 1.58 bits per heavy atom. The second-order valence-electron chi connectivity index (χ2n) is 2.28. The van der Waals surface area contributed by atoms with Gasteiger partial charge in [-0.05, 0) is 27.6 Å². The summed E-state index contributed by atoms with van der Waals surface area (Å²) in [5, 5.41) is 8.97. The van der Waals surface area contributed by atoms with E-state index >= 15 is 0 Å². The first-order chi connectivity index (χ1) is 5.66. The molecule has 1 aromatic carbocycles. The molecule has 1 rings (SSSR count). The van der Waals surface area contributed by atoms with Crippen LogP contribution in [0.4, 0.5) is 5.69 Å². The predicted octanol–water partition coefficient (Wildman–Crippen LogP) is 2.75. The maximum Gasteiger partial charge on any atom is 0.0670 e. The van der Waals surface area contributed by atoms with Crippen LogP contribution in [0.2, 0.25) is 5.02 Å². The van der Waals surface area contributed by atoms with Crippen molar-refractivity contribution in [3.05, 3.63) is 27.2 Å². The standard InChI is InChI=1S/C8H6BrClN2/c9-7-6(12)2-1-5(3-4-11)8(7)10/h1-2H,3,12H2. The van der Waals surface area contributed by atoms with E-state index in [0.29, 0.717) is 21.6 Å². The van der Waals surface area contributed by atoms with Crippen LogP contribution in [0.25, 0.3) is 0 Å². The van der Waals surface area contributed by atoms with E-state index in [1.807, 2.05) is 6.07 Å². The van der Waals surface area contributed by atoms with Crippen molar-refractivity contribution in [2.24, 2.45) is 0 Å². The van der Waals surface area contributed by atoms with E-state index < -0.39 is 0 Å². The van der Waals surface area contributed by atoms with Gasteiger partial charge in [0.05, 0.1) is 22.0 Å². The van der Waals surface area contributed by atoms with Crippen LogP contribution in [0.15, 0.2) is 16.6 Å². The van der Waals surface area contributed by atoms with Gasteiger partial charge in [0.25, 0.3) is 0 Å². The number of halogens is 2. The zero-order chi connectivity index (χ0) is 9.14. The highest BCUT2D eigenvalue weighted by molar-refractivity contribution is 9.10. The van der Waals surface area contributed by atoms with Gasteiger partial charge in [-0.2, -0.15) is 5.26 Å². The molecule has 0 amide bonds. The molecule has 0 saturated heterocycles. The fourth-order valence-corrected chi connectivity index (χ4v) is 1.45. The third-order valence-electron chi connectivity index (χ3n) is 1.46. The molecule has 0 aliphatic rings. The highest BCUT2D eigenvalue weighted by Crippen LogP contribution is 2.31. The number of nitrogen functional groups attached to an aromatic ring is 1. The Hall–Kier alpha value is -0.720. The van der Waals surface area contributed by atoms with Crippen LogP contribution < -0.4 is 5.73 Å². The maximum absolute atomic E-state index is 8.45. The highest BCUT2D eigenvalue weighted by Gasteiger charge is 2.06. The molecule has 0 heterocycles. The molecule has 0 aliphatic heterocycles. The molecule has 1 aromatic rings. The van der Waals surface area contributed by atoms with Gasteiger partial charge in [0.15, 0.2) is 0 Å². The van der Waals surface area contributed by atoms with Gasteiger partial charge in [-0.25, -0.2) is 0 Å². The number of rotatable bonds is 1. The predicted molar refractivity (Wildman–Crippen MR) is 52.9 cm³/mol. The number of hydrogen-bond donors (Lipinski definition) is 1. The topological polar surface area (TPSA) is 49.8 Å². The molecule has 0 atom stereocenters. The van der Waals surface area contributed by atoms with Gasteiger partial charge in [0, 0.05) is 5.69 Å². The maximum atomic E-state index is 8.45. The van der Waals surface area contributed by atoms with Gasteiger partial charge >= 0.3 is 0 Å². The minimum absolute atomic E-state index is 0.303. The van der Waals surface area contributed by atoms with Gasteiger partial charge in [0.1, 0.15) is 0 Å². The van der Waals surface area contributed by atoms with Crippen LogP contribution in [-0.4, -0.2) is 0 Å². The largest absolute Gasteiger partial charge is 0.398 e. The quantitative estimate of drug-likeness (QED) is 0.774. The van der Waals surface area contributed by atoms with Gasteiger partial charge < -0.3 is 5.73 Å². The molecular formula is C8H6BrClN2. The fraction of sp³-hybridized carbons (Fsp3) is 0.125. The molecule has 4 heteroatoms. The van der Waals surface area contributed by atoms with Crippen molar-refractivity contribution in [2.75, 3.05) is 5.73 Å². The zero-order valence-corrected chi connectivity index (χ0v) is 8.48. The van der Waals surface area contributed by atoms with E-state index in [4.69, 9.17) is 22.6 Å². The third kappa shape index (κ3) is 1.71. The van der Waals surface area contributed by atoms with Crippen molar-refractivity contribution < 1.29 is 0 Å². The summed E-state index contributed by atoms with van der Waals surface area (Å²) in [6.45, 7) is 0. The zero-order valence-electron chi connectivity index (χ0n) is 6.14. The molecule has 12 heavy (non-hydrogen) atoms. The summed E-state index contributed by atoms with van der Waals surface area (Å²) in [5.41, 5.74) is 6.95. The number of hydrogen-bond acceptors (Lipinski definition) is 2. The summed E-state index contributed by atoms with van der Waals surface area (Å²) < 4.78 is 0.664. The van der Waals surface area contributed by atoms with Crippen LogP contribution in [0.3, 0.4) is 0 Å². The molecule has 0 aliphatic carbocycles. The molecule has 0 aromatic heterocycles. The fourth-order valence-electron chi connectivity index (χ4n) is 0.826. The first-order valence-electron chi connectivity index (χ1n) is 3.26. The summed E-state index contributed by atoms with van der Waals surface area (Å²) in [4.78, 5) is 0. The van der Waals surface area contributed by atoms with Crippen molar-refractivity contribution in [1.29, 1.82) is 5.26 Å². The van der Waals surface area contributed by atoms with Gasteiger partial charge in [-0.1, -0.05) is 17.7 Å². The van der Waals surface area contributed by atoms with Crippen molar-refractivity contribution in [2.45, 2.75) is 6.42 Å². The van der Waals surface area contributed by atoms with Crippen molar-refractivity contribution in [3.63, 3.8) is 0 Å². The molecule has 0 fully saturated rings. The SMILES string of the molecule is N#CCc1ccc(N)c(Br)c1Cl. The Labute approximate surface area is 84.1 Å². The molecule has 0 saturated carbocycles. The summed E-state index contributed by atoms with van der Waals surface area (Å²) in [6, 6.07) is 5.51. The summed E-state index contributed by atoms with van der Waals surface area (Å²) in [5.74, 6) is 0. The smallest absolute Gasteiger partial charge is 0.0670 e. The number of nitrogens with two attached hydrogens (primary N) is 1. The second kappa shape index (κ2) is 3.79. The third-order valence-corrected chi connectivity index (χ3v) is 2.98. The average Bonchev–Trinajstić information content (AvgIpc) is 2.07. The lowest BCUT2D eigenvalue weighted by Gasteiger charge is -2.04. The Bertz CT molecular complexity index is 344. The van der Waals surface area contributed by atoms with Crippen LogP contribution in [0.1, 0.15) is 5.56 Å². The number of nitriles is 1. The van der Waals surface area contributed by atoms with E-state index in [-0.39, 0.29) is 0 Å². The lowest BCUT2D eigenvalue weighted by molar-refractivity contribution is 1.26. The summed E-state index contributed by atoms with van der Waals surface area (Å²) in [7, 11) is 0. The Morgan fingerprint density at radius 2 is 2.25 bits per heavy atom.